The van der Waals surface area contributed by atoms with E-state index in [1.165, 1.54) is 11.8 Å². The van der Waals surface area contributed by atoms with Crippen LogP contribution < -0.4 is 5.32 Å². The first-order valence-corrected chi connectivity index (χ1v) is 6.17. The Labute approximate surface area is 107 Å². The van der Waals surface area contributed by atoms with Crippen LogP contribution >= 0.6 is 23.4 Å². The Bertz CT molecular complexity index is 615. The molecule has 1 aromatic carbocycles. The molecule has 0 aliphatic carbocycles. The van der Waals surface area contributed by atoms with E-state index < -0.39 is 0 Å². The van der Waals surface area contributed by atoms with Crippen LogP contribution in [0.15, 0.2) is 46.5 Å². The number of benzene rings is 1. The van der Waals surface area contributed by atoms with Crippen molar-refractivity contribution in [2.45, 2.75) is 9.92 Å². The van der Waals surface area contributed by atoms with Crippen LogP contribution in [0, 0.1) is 0 Å². The highest BCUT2D eigenvalue weighted by molar-refractivity contribution is 7.99. The lowest BCUT2D eigenvalue weighted by atomic mass is 10.2. The molecule has 1 aliphatic rings. The van der Waals surface area contributed by atoms with Crippen LogP contribution in [0.1, 0.15) is 10.4 Å². The number of hydrogen-bond acceptors (Lipinski definition) is 3. The molecule has 0 fully saturated rings. The van der Waals surface area contributed by atoms with Gasteiger partial charge in [0, 0.05) is 16.1 Å². The predicted octanol–water partition coefficient (Wildman–Crippen LogP) is 3.45. The van der Waals surface area contributed by atoms with E-state index in [0.717, 1.165) is 15.6 Å². The van der Waals surface area contributed by atoms with Gasteiger partial charge in [0.15, 0.2) is 0 Å². The molecule has 0 radical (unpaired) electrons. The monoisotopic (exact) mass is 262 g/mol. The molecular weight excluding hydrogens is 256 g/mol. The SMILES string of the molecule is O=C1Nc2cccnc2Sc2ccc(Cl)cc21. The van der Waals surface area contributed by atoms with Gasteiger partial charge in [-0.3, -0.25) is 4.79 Å². The van der Waals surface area contributed by atoms with Crippen LogP contribution in [0.4, 0.5) is 5.69 Å². The molecule has 0 spiro atoms. The van der Waals surface area contributed by atoms with E-state index in [9.17, 15) is 4.79 Å². The Hall–Kier alpha value is -1.52. The third-order valence-electron chi connectivity index (χ3n) is 2.41. The fourth-order valence-corrected chi connectivity index (χ4v) is 2.75. The Morgan fingerprint density at radius 1 is 1.29 bits per heavy atom. The first-order chi connectivity index (χ1) is 8.24. The van der Waals surface area contributed by atoms with Gasteiger partial charge in [-0.15, -0.1) is 0 Å². The fraction of sp³-hybridized carbons (Fsp3) is 0. The van der Waals surface area contributed by atoms with Gasteiger partial charge in [0.2, 0.25) is 0 Å². The van der Waals surface area contributed by atoms with Crippen molar-refractivity contribution >= 4 is 35.0 Å². The molecule has 3 nitrogen and oxygen atoms in total. The van der Waals surface area contributed by atoms with Crippen molar-refractivity contribution in [2.24, 2.45) is 0 Å². The van der Waals surface area contributed by atoms with Gasteiger partial charge in [-0.2, -0.15) is 0 Å². The molecule has 0 saturated heterocycles. The van der Waals surface area contributed by atoms with Gasteiger partial charge in [0.25, 0.3) is 5.91 Å². The molecule has 2 aromatic rings. The van der Waals surface area contributed by atoms with Gasteiger partial charge >= 0.3 is 0 Å². The van der Waals surface area contributed by atoms with E-state index in [1.807, 2.05) is 12.1 Å². The van der Waals surface area contributed by atoms with Crippen molar-refractivity contribution in [3.8, 4) is 0 Å². The molecule has 0 bridgehead atoms. The minimum atomic E-state index is -0.151. The standard InChI is InChI=1S/C12H7ClN2OS/c13-7-3-4-10-8(6-7)11(16)15-9-2-1-5-14-12(9)17-10/h1-6H,(H,15,16). The van der Waals surface area contributed by atoms with Gasteiger partial charge < -0.3 is 5.32 Å². The lowest BCUT2D eigenvalue weighted by Gasteiger charge is -2.03. The first kappa shape index (κ1) is 10.6. The number of nitrogens with one attached hydrogen (secondary N) is 1. The van der Waals surface area contributed by atoms with Gasteiger partial charge in [0.1, 0.15) is 5.03 Å². The molecule has 0 unspecified atom stereocenters. The number of fused-ring (bicyclic) bond motifs is 2. The largest absolute Gasteiger partial charge is 0.320 e. The summed E-state index contributed by atoms with van der Waals surface area (Å²) in [6.07, 6.45) is 1.71. The van der Waals surface area contributed by atoms with Crippen molar-refractivity contribution in [2.75, 3.05) is 5.32 Å². The molecule has 1 N–H and O–H groups in total. The number of carbonyl (C=O) groups is 1. The van der Waals surface area contributed by atoms with Crippen molar-refractivity contribution in [3.63, 3.8) is 0 Å². The van der Waals surface area contributed by atoms with Gasteiger partial charge in [-0.05, 0) is 30.3 Å². The lowest BCUT2D eigenvalue weighted by Crippen LogP contribution is -2.11. The maximum atomic E-state index is 12.0. The molecule has 1 aromatic heterocycles. The second-order valence-electron chi connectivity index (χ2n) is 3.55. The van der Waals surface area contributed by atoms with E-state index in [1.54, 1.807) is 24.4 Å². The Kier molecular flexibility index (Phi) is 2.53. The Morgan fingerprint density at radius 3 is 3.06 bits per heavy atom. The summed E-state index contributed by atoms with van der Waals surface area (Å²) in [7, 11) is 0. The molecule has 0 saturated carbocycles. The van der Waals surface area contributed by atoms with Gasteiger partial charge in [-0.1, -0.05) is 23.4 Å². The second kappa shape index (κ2) is 4.05. The summed E-state index contributed by atoms with van der Waals surface area (Å²) in [6, 6.07) is 8.91. The van der Waals surface area contributed by atoms with Crippen LogP contribution in [0.3, 0.4) is 0 Å². The van der Waals surface area contributed by atoms with Crippen molar-refractivity contribution in [1.82, 2.24) is 4.98 Å². The van der Waals surface area contributed by atoms with Crippen LogP contribution in [0.25, 0.3) is 0 Å². The quantitative estimate of drug-likeness (QED) is 0.791. The molecule has 0 atom stereocenters. The molecular formula is C12H7ClN2OS. The van der Waals surface area contributed by atoms with Crippen LogP contribution in [-0.4, -0.2) is 10.9 Å². The molecule has 1 aliphatic heterocycles. The summed E-state index contributed by atoms with van der Waals surface area (Å²) in [6.45, 7) is 0. The lowest BCUT2D eigenvalue weighted by molar-refractivity contribution is 0.102. The highest BCUT2D eigenvalue weighted by atomic mass is 35.5. The number of hydrogen-bond donors (Lipinski definition) is 1. The maximum absolute atomic E-state index is 12.0. The summed E-state index contributed by atoms with van der Waals surface area (Å²) in [4.78, 5) is 17.1. The van der Waals surface area contributed by atoms with E-state index >= 15 is 0 Å². The van der Waals surface area contributed by atoms with Gasteiger partial charge in [-0.25, -0.2) is 4.98 Å². The number of aromatic nitrogens is 1. The number of pyridine rings is 1. The van der Waals surface area contributed by atoms with Crippen LogP contribution in [0.5, 0.6) is 0 Å². The topological polar surface area (TPSA) is 42.0 Å². The van der Waals surface area contributed by atoms with Crippen molar-refractivity contribution < 1.29 is 4.79 Å². The number of halogens is 1. The molecule has 17 heavy (non-hydrogen) atoms. The minimum Gasteiger partial charge on any atom is -0.320 e. The zero-order valence-electron chi connectivity index (χ0n) is 8.61. The second-order valence-corrected chi connectivity index (χ2v) is 5.02. The summed E-state index contributed by atoms with van der Waals surface area (Å²) < 4.78 is 0. The van der Waals surface area contributed by atoms with E-state index in [4.69, 9.17) is 11.6 Å². The normalized spacial score (nSPS) is 13.4. The summed E-state index contributed by atoms with van der Waals surface area (Å²) in [5.41, 5.74) is 1.32. The summed E-state index contributed by atoms with van der Waals surface area (Å²) in [5.74, 6) is -0.151. The average Bonchev–Trinajstić information content (AvgIpc) is 2.46. The molecule has 3 rings (SSSR count). The van der Waals surface area contributed by atoms with Crippen LogP contribution in [0.2, 0.25) is 5.02 Å². The van der Waals surface area contributed by atoms with Crippen molar-refractivity contribution in [1.29, 1.82) is 0 Å². The maximum Gasteiger partial charge on any atom is 0.256 e. The fourth-order valence-electron chi connectivity index (χ4n) is 1.63. The third kappa shape index (κ3) is 1.90. The van der Waals surface area contributed by atoms with Crippen molar-refractivity contribution in [3.05, 3.63) is 47.1 Å². The number of amides is 1. The Balaban J connectivity index is 2.17. The van der Waals surface area contributed by atoms with E-state index in [0.29, 0.717) is 10.6 Å². The smallest absolute Gasteiger partial charge is 0.256 e. The van der Waals surface area contributed by atoms with E-state index in [2.05, 4.69) is 10.3 Å². The molecule has 5 heteroatoms. The zero-order chi connectivity index (χ0) is 11.8. The summed E-state index contributed by atoms with van der Waals surface area (Å²) in [5, 5.41) is 4.17. The molecule has 2 heterocycles. The van der Waals surface area contributed by atoms with Gasteiger partial charge in [0.05, 0.1) is 11.3 Å². The number of nitrogens with zero attached hydrogens (tertiary/aromatic N) is 1. The summed E-state index contributed by atoms with van der Waals surface area (Å²) >= 11 is 7.36. The Morgan fingerprint density at radius 2 is 2.18 bits per heavy atom. The average molecular weight is 263 g/mol. The number of anilines is 1. The molecule has 1 amide bonds. The predicted molar refractivity (Wildman–Crippen MR) is 67.8 cm³/mol. The number of carbonyl (C=O) groups excluding carboxylic acids is 1. The minimum absolute atomic E-state index is 0.151. The highest BCUT2D eigenvalue weighted by Gasteiger charge is 2.20. The third-order valence-corrected chi connectivity index (χ3v) is 3.74. The van der Waals surface area contributed by atoms with E-state index in [-0.39, 0.29) is 5.91 Å². The zero-order valence-corrected chi connectivity index (χ0v) is 10.2. The number of rotatable bonds is 0. The molecule has 84 valence electrons. The first-order valence-electron chi connectivity index (χ1n) is 4.98. The highest BCUT2D eigenvalue weighted by Crippen LogP contribution is 2.37. The van der Waals surface area contributed by atoms with Crippen LogP contribution in [-0.2, 0) is 0 Å².